The van der Waals surface area contributed by atoms with E-state index in [-0.39, 0.29) is 0 Å². The van der Waals surface area contributed by atoms with Gasteiger partial charge in [0.05, 0.1) is 11.3 Å². The first-order valence-electron chi connectivity index (χ1n) is 6.85. The zero-order chi connectivity index (χ0) is 14.4. The van der Waals surface area contributed by atoms with Gasteiger partial charge in [0.25, 0.3) is 0 Å². The van der Waals surface area contributed by atoms with Crippen LogP contribution in [0.2, 0.25) is 0 Å². The summed E-state index contributed by atoms with van der Waals surface area (Å²) < 4.78 is 0. The molecule has 0 fully saturated rings. The molecule has 0 spiro atoms. The van der Waals surface area contributed by atoms with Crippen LogP contribution in [0, 0.1) is 24.2 Å². The van der Waals surface area contributed by atoms with E-state index in [1.807, 2.05) is 25.1 Å². The summed E-state index contributed by atoms with van der Waals surface area (Å²) in [6.07, 6.45) is 1.09. The highest BCUT2D eigenvalue weighted by molar-refractivity contribution is 5.62. The van der Waals surface area contributed by atoms with Gasteiger partial charge >= 0.3 is 0 Å². The van der Waals surface area contributed by atoms with Crippen LogP contribution in [0.3, 0.4) is 0 Å². The van der Waals surface area contributed by atoms with Gasteiger partial charge in [0.2, 0.25) is 0 Å². The van der Waals surface area contributed by atoms with Crippen molar-refractivity contribution in [2.45, 2.75) is 33.2 Å². The highest BCUT2D eigenvalue weighted by atomic mass is 15.1. The smallest absolute Gasteiger partial charge is 0.101 e. The summed E-state index contributed by atoms with van der Waals surface area (Å²) in [4.78, 5) is 2.18. The Bertz CT molecular complexity index is 434. The Kier molecular flexibility index (Phi) is 5.85. The normalized spacial score (nSPS) is 12.5. The van der Waals surface area contributed by atoms with Crippen LogP contribution in [0.5, 0.6) is 0 Å². The zero-order valence-electron chi connectivity index (χ0n) is 12.7. The fourth-order valence-electron chi connectivity index (χ4n) is 2.35. The summed E-state index contributed by atoms with van der Waals surface area (Å²) in [6, 6.07) is 8.49. The zero-order valence-corrected chi connectivity index (χ0v) is 12.7. The molecular formula is C16H25N3. The molecule has 0 aliphatic heterocycles. The van der Waals surface area contributed by atoms with E-state index in [1.54, 1.807) is 0 Å². The molecule has 1 unspecified atom stereocenters. The Morgan fingerprint density at radius 3 is 2.53 bits per heavy atom. The van der Waals surface area contributed by atoms with Gasteiger partial charge in [-0.2, -0.15) is 5.26 Å². The maximum absolute atomic E-state index is 9.22. The summed E-state index contributed by atoms with van der Waals surface area (Å²) in [5, 5.41) is 12.8. The largest absolute Gasteiger partial charge is 0.380 e. The van der Waals surface area contributed by atoms with Crippen molar-refractivity contribution in [1.29, 1.82) is 5.26 Å². The summed E-state index contributed by atoms with van der Waals surface area (Å²) in [5.41, 5.74) is 2.84. The molecule has 3 heteroatoms. The Morgan fingerprint density at radius 1 is 1.32 bits per heavy atom. The van der Waals surface area contributed by atoms with Gasteiger partial charge in [0, 0.05) is 12.6 Å². The van der Waals surface area contributed by atoms with E-state index in [4.69, 9.17) is 0 Å². The van der Waals surface area contributed by atoms with Crippen molar-refractivity contribution in [3.8, 4) is 6.07 Å². The van der Waals surface area contributed by atoms with E-state index < -0.39 is 0 Å². The van der Waals surface area contributed by atoms with Gasteiger partial charge < -0.3 is 10.2 Å². The molecule has 0 amide bonds. The number of aryl methyl sites for hydroxylation is 1. The SMILES string of the molecule is Cc1cccc(C#N)c1NC(CC(C)C)CN(C)C. The standard InChI is InChI=1S/C16H25N3/c1-12(2)9-15(11-19(4)5)18-16-13(3)7-6-8-14(16)10-17/h6-8,12,15,18H,9,11H2,1-5H3. The molecule has 1 rings (SSSR count). The molecule has 0 aromatic heterocycles. The third-order valence-electron chi connectivity index (χ3n) is 3.08. The van der Waals surface area contributed by atoms with Crippen LogP contribution in [0.4, 0.5) is 5.69 Å². The number of para-hydroxylation sites is 1. The molecule has 3 nitrogen and oxygen atoms in total. The third-order valence-corrected chi connectivity index (χ3v) is 3.08. The van der Waals surface area contributed by atoms with E-state index in [1.165, 1.54) is 0 Å². The molecule has 0 saturated carbocycles. The third kappa shape index (κ3) is 4.92. The van der Waals surface area contributed by atoms with Gasteiger partial charge in [-0.3, -0.25) is 0 Å². The van der Waals surface area contributed by atoms with E-state index in [9.17, 15) is 5.26 Å². The van der Waals surface area contributed by atoms with Crippen molar-refractivity contribution in [1.82, 2.24) is 4.90 Å². The molecule has 0 saturated heterocycles. The van der Waals surface area contributed by atoms with Gasteiger partial charge in [-0.05, 0) is 45.0 Å². The van der Waals surface area contributed by atoms with Gasteiger partial charge in [0.15, 0.2) is 0 Å². The summed E-state index contributed by atoms with van der Waals surface area (Å²) >= 11 is 0. The van der Waals surface area contributed by atoms with E-state index in [2.05, 4.69) is 44.2 Å². The number of anilines is 1. The van der Waals surface area contributed by atoms with Crippen molar-refractivity contribution in [2.24, 2.45) is 5.92 Å². The Labute approximate surface area is 117 Å². The maximum atomic E-state index is 9.22. The van der Waals surface area contributed by atoms with Crippen LogP contribution < -0.4 is 5.32 Å². The van der Waals surface area contributed by atoms with Crippen molar-refractivity contribution < 1.29 is 0 Å². The van der Waals surface area contributed by atoms with Crippen LogP contribution in [0.1, 0.15) is 31.4 Å². The van der Waals surface area contributed by atoms with Crippen LogP contribution in [-0.2, 0) is 0 Å². The van der Waals surface area contributed by atoms with Gasteiger partial charge in [-0.15, -0.1) is 0 Å². The van der Waals surface area contributed by atoms with Crippen LogP contribution in [0.15, 0.2) is 18.2 Å². The molecule has 0 aliphatic carbocycles. The molecule has 104 valence electrons. The number of nitrogens with one attached hydrogen (secondary N) is 1. The summed E-state index contributed by atoms with van der Waals surface area (Å²) in [7, 11) is 4.16. The second-order valence-corrected chi connectivity index (χ2v) is 5.84. The van der Waals surface area contributed by atoms with E-state index in [0.717, 1.165) is 29.8 Å². The van der Waals surface area contributed by atoms with Crippen molar-refractivity contribution in [3.05, 3.63) is 29.3 Å². The van der Waals surface area contributed by atoms with Crippen molar-refractivity contribution in [2.75, 3.05) is 26.0 Å². The topological polar surface area (TPSA) is 39.1 Å². The van der Waals surface area contributed by atoms with Gasteiger partial charge in [-0.1, -0.05) is 26.0 Å². The molecule has 0 heterocycles. The molecular weight excluding hydrogens is 234 g/mol. The second kappa shape index (κ2) is 7.16. The quantitative estimate of drug-likeness (QED) is 0.852. The Hall–Kier alpha value is -1.53. The minimum absolute atomic E-state index is 0.364. The lowest BCUT2D eigenvalue weighted by Gasteiger charge is -2.26. The fraction of sp³-hybridized carbons (Fsp3) is 0.562. The van der Waals surface area contributed by atoms with Crippen LogP contribution in [-0.4, -0.2) is 31.6 Å². The average molecular weight is 259 g/mol. The number of rotatable bonds is 6. The Balaban J connectivity index is 2.92. The predicted octanol–water partition coefficient (Wildman–Crippen LogP) is 3.25. The number of benzene rings is 1. The first kappa shape index (κ1) is 15.5. The Morgan fingerprint density at radius 2 is 2.00 bits per heavy atom. The van der Waals surface area contributed by atoms with E-state index >= 15 is 0 Å². The monoisotopic (exact) mass is 259 g/mol. The minimum atomic E-state index is 0.364. The first-order chi connectivity index (χ1) is 8.93. The lowest BCUT2D eigenvalue weighted by molar-refractivity contribution is 0.356. The lowest BCUT2D eigenvalue weighted by Crippen LogP contribution is -2.34. The number of hydrogen-bond acceptors (Lipinski definition) is 3. The van der Waals surface area contributed by atoms with Crippen molar-refractivity contribution >= 4 is 5.69 Å². The molecule has 0 bridgehead atoms. The second-order valence-electron chi connectivity index (χ2n) is 5.84. The molecule has 1 N–H and O–H groups in total. The molecule has 1 aromatic rings. The molecule has 0 aliphatic rings. The van der Waals surface area contributed by atoms with Crippen LogP contribution >= 0.6 is 0 Å². The number of nitriles is 1. The minimum Gasteiger partial charge on any atom is -0.380 e. The van der Waals surface area contributed by atoms with Gasteiger partial charge in [-0.25, -0.2) is 0 Å². The predicted molar refractivity (Wildman–Crippen MR) is 81.3 cm³/mol. The summed E-state index contributed by atoms with van der Waals surface area (Å²) in [6.45, 7) is 7.48. The number of hydrogen-bond donors (Lipinski definition) is 1. The first-order valence-corrected chi connectivity index (χ1v) is 6.85. The number of likely N-dealkylation sites (N-methyl/N-ethyl adjacent to an activating group) is 1. The van der Waals surface area contributed by atoms with Gasteiger partial charge in [0.1, 0.15) is 6.07 Å². The van der Waals surface area contributed by atoms with E-state index in [0.29, 0.717) is 12.0 Å². The van der Waals surface area contributed by atoms with Crippen LogP contribution in [0.25, 0.3) is 0 Å². The molecule has 1 atom stereocenters. The summed E-state index contributed by atoms with van der Waals surface area (Å²) in [5.74, 6) is 0.631. The maximum Gasteiger partial charge on any atom is 0.101 e. The highest BCUT2D eigenvalue weighted by Crippen LogP contribution is 2.22. The highest BCUT2D eigenvalue weighted by Gasteiger charge is 2.15. The molecule has 19 heavy (non-hydrogen) atoms. The number of nitrogens with zero attached hydrogens (tertiary/aromatic N) is 2. The molecule has 0 radical (unpaired) electrons. The lowest BCUT2D eigenvalue weighted by atomic mass is 10.0. The van der Waals surface area contributed by atoms with Crippen molar-refractivity contribution in [3.63, 3.8) is 0 Å². The average Bonchev–Trinajstić information content (AvgIpc) is 2.30. The molecule has 1 aromatic carbocycles. The fourth-order valence-corrected chi connectivity index (χ4v) is 2.35.